The van der Waals surface area contributed by atoms with E-state index in [9.17, 15) is 8.78 Å². The molecule has 0 aliphatic heterocycles. The standard InChI is InChI=1S/C17H17F2NO/c1-20-17(16-14(18)6-3-7-15(16)19)11-4-2-5-13(10-11)21-12-8-9-12/h2-7,10,12,17,20H,8-9H2,1H3. The summed E-state index contributed by atoms with van der Waals surface area (Å²) >= 11 is 0. The maximum Gasteiger partial charge on any atom is 0.131 e. The van der Waals surface area contributed by atoms with Gasteiger partial charge in [-0.25, -0.2) is 8.78 Å². The van der Waals surface area contributed by atoms with Gasteiger partial charge in [0.1, 0.15) is 17.4 Å². The smallest absolute Gasteiger partial charge is 0.131 e. The Bertz CT molecular complexity index is 620. The fraction of sp³-hybridized carbons (Fsp3) is 0.294. The molecule has 0 spiro atoms. The predicted molar refractivity (Wildman–Crippen MR) is 77.4 cm³/mol. The minimum atomic E-state index is -0.553. The number of halogens is 2. The van der Waals surface area contributed by atoms with Gasteiger partial charge >= 0.3 is 0 Å². The first kappa shape index (κ1) is 14.0. The molecule has 1 aliphatic rings. The van der Waals surface area contributed by atoms with Gasteiger partial charge in [0.2, 0.25) is 0 Å². The van der Waals surface area contributed by atoms with E-state index in [1.165, 1.54) is 18.2 Å². The molecule has 2 aromatic rings. The van der Waals surface area contributed by atoms with Crippen LogP contribution in [0.15, 0.2) is 42.5 Å². The van der Waals surface area contributed by atoms with Crippen LogP contribution in [0, 0.1) is 11.6 Å². The molecule has 1 unspecified atom stereocenters. The third-order valence-electron chi connectivity index (χ3n) is 3.60. The van der Waals surface area contributed by atoms with E-state index in [1.807, 2.05) is 24.3 Å². The van der Waals surface area contributed by atoms with E-state index in [1.54, 1.807) is 7.05 Å². The Morgan fingerprint density at radius 2 is 1.76 bits per heavy atom. The van der Waals surface area contributed by atoms with Crippen molar-refractivity contribution in [2.75, 3.05) is 7.05 Å². The summed E-state index contributed by atoms with van der Waals surface area (Å²) in [5.41, 5.74) is 0.809. The summed E-state index contributed by atoms with van der Waals surface area (Å²) in [5.74, 6) is -0.363. The summed E-state index contributed by atoms with van der Waals surface area (Å²) in [4.78, 5) is 0. The van der Waals surface area contributed by atoms with Crippen LogP contribution < -0.4 is 10.1 Å². The molecule has 1 N–H and O–H groups in total. The summed E-state index contributed by atoms with van der Waals surface area (Å²) in [6, 6.07) is 10.8. The highest BCUT2D eigenvalue weighted by Crippen LogP contribution is 2.31. The molecule has 0 amide bonds. The molecule has 1 atom stereocenters. The fourth-order valence-electron chi connectivity index (χ4n) is 2.41. The van der Waals surface area contributed by atoms with Crippen LogP contribution in [0.2, 0.25) is 0 Å². The second-order valence-electron chi connectivity index (χ2n) is 5.25. The van der Waals surface area contributed by atoms with E-state index in [2.05, 4.69) is 5.32 Å². The molecular formula is C17H17F2NO. The Balaban J connectivity index is 1.95. The van der Waals surface area contributed by atoms with Crippen molar-refractivity contribution in [3.8, 4) is 5.75 Å². The molecule has 110 valence electrons. The predicted octanol–water partition coefficient (Wildman–Crippen LogP) is 3.81. The molecule has 0 saturated heterocycles. The van der Waals surface area contributed by atoms with Gasteiger partial charge in [-0.3, -0.25) is 0 Å². The van der Waals surface area contributed by atoms with Gasteiger partial charge in [0, 0.05) is 5.56 Å². The van der Waals surface area contributed by atoms with Crippen molar-refractivity contribution in [1.29, 1.82) is 0 Å². The summed E-state index contributed by atoms with van der Waals surface area (Å²) in [6.45, 7) is 0. The second kappa shape index (κ2) is 5.82. The number of hydrogen-bond acceptors (Lipinski definition) is 2. The maximum absolute atomic E-state index is 14.0. The van der Waals surface area contributed by atoms with Gasteiger partial charge in [-0.2, -0.15) is 0 Å². The fourth-order valence-corrected chi connectivity index (χ4v) is 2.41. The topological polar surface area (TPSA) is 21.3 Å². The minimum absolute atomic E-state index is 0.0311. The van der Waals surface area contributed by atoms with Crippen molar-refractivity contribution in [2.24, 2.45) is 0 Å². The highest BCUT2D eigenvalue weighted by molar-refractivity contribution is 5.38. The zero-order chi connectivity index (χ0) is 14.8. The highest BCUT2D eigenvalue weighted by Gasteiger charge is 2.25. The molecular weight excluding hydrogens is 272 g/mol. The van der Waals surface area contributed by atoms with Gasteiger partial charge in [0.05, 0.1) is 12.1 Å². The van der Waals surface area contributed by atoms with Gasteiger partial charge in [-0.1, -0.05) is 18.2 Å². The third-order valence-corrected chi connectivity index (χ3v) is 3.60. The molecule has 0 aromatic heterocycles. The molecule has 1 aliphatic carbocycles. The zero-order valence-corrected chi connectivity index (χ0v) is 11.8. The van der Waals surface area contributed by atoms with Crippen LogP contribution in [0.1, 0.15) is 30.0 Å². The van der Waals surface area contributed by atoms with Crippen molar-refractivity contribution in [3.63, 3.8) is 0 Å². The highest BCUT2D eigenvalue weighted by atomic mass is 19.1. The molecule has 2 aromatic carbocycles. The molecule has 2 nitrogen and oxygen atoms in total. The van der Waals surface area contributed by atoms with Gasteiger partial charge in [-0.05, 0) is 49.7 Å². The average molecular weight is 289 g/mol. The van der Waals surface area contributed by atoms with Crippen LogP contribution in [0.4, 0.5) is 8.78 Å². The van der Waals surface area contributed by atoms with Crippen molar-refractivity contribution in [1.82, 2.24) is 5.32 Å². The zero-order valence-electron chi connectivity index (χ0n) is 11.8. The lowest BCUT2D eigenvalue weighted by atomic mass is 9.97. The van der Waals surface area contributed by atoms with E-state index >= 15 is 0 Å². The quantitative estimate of drug-likeness (QED) is 0.903. The lowest BCUT2D eigenvalue weighted by Crippen LogP contribution is -2.20. The Labute approximate surface area is 122 Å². The number of hydrogen-bond donors (Lipinski definition) is 1. The number of rotatable bonds is 5. The lowest BCUT2D eigenvalue weighted by molar-refractivity contribution is 0.302. The maximum atomic E-state index is 14.0. The van der Waals surface area contributed by atoms with Crippen LogP contribution in [0.3, 0.4) is 0 Å². The molecule has 1 fully saturated rings. The normalized spacial score (nSPS) is 15.8. The number of ether oxygens (including phenoxy) is 1. The molecule has 0 heterocycles. The van der Waals surface area contributed by atoms with Gasteiger partial charge < -0.3 is 10.1 Å². The van der Waals surface area contributed by atoms with Crippen molar-refractivity contribution < 1.29 is 13.5 Å². The Hall–Kier alpha value is -1.94. The lowest BCUT2D eigenvalue weighted by Gasteiger charge is -2.19. The van der Waals surface area contributed by atoms with Crippen LogP contribution in [-0.4, -0.2) is 13.2 Å². The first-order valence-electron chi connectivity index (χ1n) is 7.07. The number of benzene rings is 2. The molecule has 1 saturated carbocycles. The van der Waals surface area contributed by atoms with E-state index < -0.39 is 17.7 Å². The summed E-state index contributed by atoms with van der Waals surface area (Å²) < 4.78 is 33.7. The summed E-state index contributed by atoms with van der Waals surface area (Å²) in [5, 5.41) is 2.98. The van der Waals surface area contributed by atoms with Crippen LogP contribution >= 0.6 is 0 Å². The largest absolute Gasteiger partial charge is 0.490 e. The monoisotopic (exact) mass is 289 g/mol. The van der Waals surface area contributed by atoms with Crippen molar-refractivity contribution >= 4 is 0 Å². The Kier molecular flexibility index (Phi) is 3.88. The van der Waals surface area contributed by atoms with E-state index in [-0.39, 0.29) is 5.56 Å². The molecule has 0 bridgehead atoms. The van der Waals surface area contributed by atoms with Crippen molar-refractivity contribution in [3.05, 3.63) is 65.2 Å². The van der Waals surface area contributed by atoms with Crippen LogP contribution in [-0.2, 0) is 0 Å². The summed E-state index contributed by atoms with van der Waals surface area (Å²) in [7, 11) is 1.69. The van der Waals surface area contributed by atoms with Crippen LogP contribution in [0.5, 0.6) is 5.75 Å². The van der Waals surface area contributed by atoms with E-state index in [4.69, 9.17) is 4.74 Å². The Morgan fingerprint density at radius 3 is 2.38 bits per heavy atom. The first-order valence-corrected chi connectivity index (χ1v) is 7.07. The van der Waals surface area contributed by atoms with Gasteiger partial charge in [-0.15, -0.1) is 0 Å². The number of nitrogens with one attached hydrogen (secondary N) is 1. The van der Waals surface area contributed by atoms with Crippen LogP contribution in [0.25, 0.3) is 0 Å². The van der Waals surface area contributed by atoms with E-state index in [0.717, 1.165) is 24.2 Å². The van der Waals surface area contributed by atoms with E-state index in [0.29, 0.717) is 6.10 Å². The molecule has 21 heavy (non-hydrogen) atoms. The second-order valence-corrected chi connectivity index (χ2v) is 5.25. The molecule has 3 rings (SSSR count). The van der Waals surface area contributed by atoms with Crippen molar-refractivity contribution in [2.45, 2.75) is 25.0 Å². The first-order chi connectivity index (χ1) is 10.2. The molecule has 4 heteroatoms. The SMILES string of the molecule is CNC(c1cccc(OC2CC2)c1)c1c(F)cccc1F. The third kappa shape index (κ3) is 3.05. The average Bonchev–Trinajstić information content (AvgIpc) is 3.27. The molecule has 0 radical (unpaired) electrons. The van der Waals surface area contributed by atoms with Gasteiger partial charge in [0.15, 0.2) is 0 Å². The minimum Gasteiger partial charge on any atom is -0.490 e. The summed E-state index contributed by atoms with van der Waals surface area (Å²) in [6.07, 6.45) is 2.43. The van der Waals surface area contributed by atoms with Gasteiger partial charge in [0.25, 0.3) is 0 Å². The Morgan fingerprint density at radius 1 is 1.10 bits per heavy atom.